The van der Waals surface area contributed by atoms with E-state index in [1.54, 1.807) is 48.5 Å². The molecule has 0 aliphatic carbocycles. The molecule has 0 saturated heterocycles. The van der Waals surface area contributed by atoms with Gasteiger partial charge in [-0.3, -0.25) is 4.79 Å². The molecule has 0 bridgehead atoms. The van der Waals surface area contributed by atoms with Crippen LogP contribution in [0, 0.1) is 0 Å². The SMILES string of the molecule is CCOC(=O)C(OC(C)(C)C)(OC(C)(C)C)C(=O)COC(C)(C)C.[Zr]. The first-order valence-electron chi connectivity index (χ1n) is 8.27. The first-order chi connectivity index (χ1) is 10.5. The maximum Gasteiger partial charge on any atom is 0.375 e. The average Bonchev–Trinajstić information content (AvgIpc) is 2.30. The molecule has 0 spiro atoms. The maximum atomic E-state index is 12.9. The van der Waals surface area contributed by atoms with Crippen LogP contribution in [0.1, 0.15) is 69.2 Å². The van der Waals surface area contributed by atoms with E-state index in [9.17, 15) is 9.59 Å². The summed E-state index contributed by atoms with van der Waals surface area (Å²) in [5.41, 5.74) is -2.16. The number of ketones is 1. The minimum atomic E-state index is -2.17. The Labute approximate surface area is 171 Å². The van der Waals surface area contributed by atoms with Gasteiger partial charge in [-0.25, -0.2) is 4.79 Å². The number of hydrogen-bond acceptors (Lipinski definition) is 6. The molecule has 0 amide bonds. The molecule has 0 unspecified atom stereocenters. The Balaban J connectivity index is 0. The van der Waals surface area contributed by atoms with E-state index in [2.05, 4.69) is 0 Å². The van der Waals surface area contributed by atoms with E-state index in [4.69, 9.17) is 18.9 Å². The van der Waals surface area contributed by atoms with Crippen molar-refractivity contribution in [1.82, 2.24) is 0 Å². The zero-order chi connectivity index (χ0) is 19.4. The van der Waals surface area contributed by atoms with Gasteiger partial charge in [0.2, 0.25) is 5.78 Å². The Morgan fingerprint density at radius 2 is 1.16 bits per heavy atom. The fourth-order valence-electron chi connectivity index (χ4n) is 1.80. The first-order valence-corrected chi connectivity index (χ1v) is 8.27. The Morgan fingerprint density at radius 1 is 0.760 bits per heavy atom. The third-order valence-corrected chi connectivity index (χ3v) is 2.45. The third kappa shape index (κ3) is 10.6. The topological polar surface area (TPSA) is 71.1 Å². The summed E-state index contributed by atoms with van der Waals surface area (Å²) in [6, 6.07) is 0. The summed E-state index contributed by atoms with van der Waals surface area (Å²) in [5.74, 6) is -3.66. The fraction of sp³-hybridized carbons (Fsp3) is 0.889. The summed E-state index contributed by atoms with van der Waals surface area (Å²) in [5, 5.41) is 0. The normalized spacial score (nSPS) is 13.2. The van der Waals surface area contributed by atoms with Crippen molar-refractivity contribution in [2.24, 2.45) is 0 Å². The van der Waals surface area contributed by atoms with E-state index in [0.29, 0.717) is 0 Å². The molecule has 0 fully saturated rings. The second-order valence-corrected chi connectivity index (χ2v) is 8.59. The van der Waals surface area contributed by atoms with Gasteiger partial charge in [-0.2, -0.15) is 0 Å². The largest absolute Gasteiger partial charge is 0.462 e. The Morgan fingerprint density at radius 3 is 1.44 bits per heavy atom. The van der Waals surface area contributed by atoms with E-state index in [1.807, 2.05) is 20.8 Å². The molecule has 0 aliphatic rings. The molecule has 25 heavy (non-hydrogen) atoms. The van der Waals surface area contributed by atoms with Crippen LogP contribution in [0.2, 0.25) is 0 Å². The number of hydrogen-bond donors (Lipinski definition) is 0. The van der Waals surface area contributed by atoms with Crippen molar-refractivity contribution in [3.8, 4) is 0 Å². The number of rotatable bonds is 7. The van der Waals surface area contributed by atoms with Crippen LogP contribution in [-0.4, -0.2) is 47.6 Å². The minimum absolute atomic E-state index is 0. The van der Waals surface area contributed by atoms with E-state index in [1.165, 1.54) is 0 Å². The summed E-state index contributed by atoms with van der Waals surface area (Å²) >= 11 is 0. The quantitative estimate of drug-likeness (QED) is 0.346. The second-order valence-electron chi connectivity index (χ2n) is 8.59. The fourth-order valence-corrected chi connectivity index (χ4v) is 1.80. The van der Waals surface area contributed by atoms with Crippen LogP contribution in [0.5, 0.6) is 0 Å². The molecular weight excluding hydrogens is 403 g/mol. The molecule has 0 N–H and O–H groups in total. The number of carbonyl (C=O) groups excluding carboxylic acids is 2. The van der Waals surface area contributed by atoms with E-state index < -0.39 is 34.3 Å². The van der Waals surface area contributed by atoms with Crippen molar-refractivity contribution in [3.05, 3.63) is 0 Å². The number of esters is 1. The Bertz CT molecular complexity index is 424. The van der Waals surface area contributed by atoms with Crippen LogP contribution < -0.4 is 0 Å². The van der Waals surface area contributed by atoms with Gasteiger partial charge in [0.25, 0.3) is 0 Å². The zero-order valence-corrected chi connectivity index (χ0v) is 19.8. The van der Waals surface area contributed by atoms with Gasteiger partial charge in [-0.1, -0.05) is 0 Å². The van der Waals surface area contributed by atoms with Crippen LogP contribution in [0.4, 0.5) is 0 Å². The van der Waals surface area contributed by atoms with Crippen molar-refractivity contribution in [1.29, 1.82) is 0 Å². The van der Waals surface area contributed by atoms with Crippen molar-refractivity contribution in [3.63, 3.8) is 0 Å². The van der Waals surface area contributed by atoms with Crippen LogP contribution in [0.25, 0.3) is 0 Å². The van der Waals surface area contributed by atoms with E-state index in [-0.39, 0.29) is 39.4 Å². The zero-order valence-electron chi connectivity index (χ0n) is 17.4. The first kappa shape index (κ1) is 27.1. The summed E-state index contributed by atoms with van der Waals surface area (Å²) in [6.45, 7) is 17.3. The van der Waals surface area contributed by atoms with Gasteiger partial charge in [0.05, 0.1) is 23.4 Å². The summed E-state index contributed by atoms with van der Waals surface area (Å²) in [7, 11) is 0. The summed E-state index contributed by atoms with van der Waals surface area (Å²) in [4.78, 5) is 25.5. The van der Waals surface area contributed by atoms with Crippen LogP contribution in [0.3, 0.4) is 0 Å². The molecule has 7 heteroatoms. The van der Waals surface area contributed by atoms with Crippen molar-refractivity contribution >= 4 is 11.8 Å². The minimum Gasteiger partial charge on any atom is -0.462 e. The molecule has 0 aliphatic heterocycles. The Hall–Kier alpha value is -0.0969. The smallest absolute Gasteiger partial charge is 0.375 e. The third-order valence-electron chi connectivity index (χ3n) is 2.45. The molecule has 0 saturated carbocycles. The molecule has 0 rings (SSSR count). The summed E-state index contributed by atoms with van der Waals surface area (Å²) < 4.78 is 22.3. The van der Waals surface area contributed by atoms with Gasteiger partial charge in [0, 0.05) is 26.2 Å². The van der Waals surface area contributed by atoms with Gasteiger partial charge in [-0.05, 0) is 69.2 Å². The molecule has 146 valence electrons. The molecule has 6 nitrogen and oxygen atoms in total. The van der Waals surface area contributed by atoms with Crippen LogP contribution >= 0.6 is 0 Å². The van der Waals surface area contributed by atoms with Gasteiger partial charge in [-0.15, -0.1) is 0 Å². The van der Waals surface area contributed by atoms with Gasteiger partial charge < -0.3 is 18.9 Å². The number of ether oxygens (including phenoxy) is 4. The van der Waals surface area contributed by atoms with Crippen molar-refractivity contribution in [2.75, 3.05) is 13.2 Å². The molecule has 0 atom stereocenters. The van der Waals surface area contributed by atoms with Gasteiger partial charge in [0.1, 0.15) is 6.61 Å². The predicted molar refractivity (Wildman–Crippen MR) is 91.8 cm³/mol. The average molecular weight is 438 g/mol. The monoisotopic (exact) mass is 436 g/mol. The summed E-state index contributed by atoms with van der Waals surface area (Å²) in [6.07, 6.45) is 0. The predicted octanol–water partition coefficient (Wildman–Crippen LogP) is 3.26. The molecule has 0 aromatic heterocycles. The molecule has 0 aromatic rings. The van der Waals surface area contributed by atoms with E-state index >= 15 is 0 Å². The molecule has 0 aromatic carbocycles. The van der Waals surface area contributed by atoms with Crippen molar-refractivity contribution < 1.29 is 54.7 Å². The van der Waals surface area contributed by atoms with E-state index in [0.717, 1.165) is 0 Å². The second kappa shape index (κ2) is 9.73. The van der Waals surface area contributed by atoms with Crippen LogP contribution in [0.15, 0.2) is 0 Å². The number of carbonyl (C=O) groups is 2. The molecule has 0 heterocycles. The van der Waals surface area contributed by atoms with Crippen LogP contribution in [-0.2, 0) is 54.7 Å². The maximum absolute atomic E-state index is 12.9. The van der Waals surface area contributed by atoms with Crippen molar-refractivity contribution in [2.45, 2.75) is 91.8 Å². The van der Waals surface area contributed by atoms with Gasteiger partial charge in [0.15, 0.2) is 0 Å². The molecular formula is C18H34O6Zr. The molecule has 0 radical (unpaired) electrons. The van der Waals surface area contributed by atoms with Gasteiger partial charge >= 0.3 is 11.8 Å². The Kier molecular flexibility index (Phi) is 10.6. The standard InChI is InChI=1S/C18H34O6.Zr/c1-11-21-14(20)18(23-16(5,6)7,24-17(8,9)10)13(19)12-22-15(2,3)4;/h11-12H2,1-10H3;. The number of Topliss-reactive ketones (excluding diaryl/α,β-unsaturated/α-hetero) is 1.